The van der Waals surface area contributed by atoms with Crippen molar-refractivity contribution in [2.24, 2.45) is 0 Å². The summed E-state index contributed by atoms with van der Waals surface area (Å²) in [7, 11) is 3.40. The van der Waals surface area contributed by atoms with Crippen molar-refractivity contribution in [3.8, 4) is 0 Å². The van der Waals surface area contributed by atoms with Crippen molar-refractivity contribution in [3.63, 3.8) is 0 Å². The van der Waals surface area contributed by atoms with Gasteiger partial charge >= 0.3 is 11.3 Å². The second-order valence-corrected chi connectivity index (χ2v) is 6.23. The Morgan fingerprint density at radius 1 is 1.21 bits per heavy atom. The molecule has 98 valence electrons. The van der Waals surface area contributed by atoms with Gasteiger partial charge in [0.15, 0.2) is 0 Å². The fourth-order valence-electron chi connectivity index (χ4n) is 2.16. The first-order chi connectivity index (χ1) is 9.00. The Morgan fingerprint density at radius 2 is 2.00 bits per heavy atom. The van der Waals surface area contributed by atoms with Crippen molar-refractivity contribution in [1.29, 1.82) is 0 Å². The molecule has 5 nitrogen and oxygen atoms in total. The van der Waals surface area contributed by atoms with E-state index in [4.69, 9.17) is 0 Å². The maximum Gasteiger partial charge on any atom is 0.363 e. The number of nitrogens with zero attached hydrogens (tertiary/aromatic N) is 2. The SMILES string of the molecule is C[N+](C)(c1ccc2[nH]c3cnccc3c2c1)S(=O)O. The maximum absolute atomic E-state index is 11.4. The zero-order chi connectivity index (χ0) is 13.6. The van der Waals surface area contributed by atoms with Gasteiger partial charge in [0.1, 0.15) is 5.69 Å². The standard InChI is InChI=1S/C13H13N3O2S/c1-16(2,19(17)18)9-3-4-12-11(7-9)10-5-6-14-8-13(10)15-12/h3-8,15H,1-2H3/p+1. The van der Waals surface area contributed by atoms with Crippen molar-refractivity contribution in [1.82, 2.24) is 13.9 Å². The molecule has 0 saturated carbocycles. The van der Waals surface area contributed by atoms with E-state index in [1.54, 1.807) is 26.5 Å². The Bertz CT molecular complexity index is 795. The van der Waals surface area contributed by atoms with E-state index in [0.29, 0.717) is 0 Å². The van der Waals surface area contributed by atoms with Crippen LogP contribution >= 0.6 is 0 Å². The van der Waals surface area contributed by atoms with E-state index >= 15 is 0 Å². The molecule has 3 aromatic rings. The molecule has 6 heteroatoms. The van der Waals surface area contributed by atoms with Crippen LogP contribution in [0.1, 0.15) is 0 Å². The van der Waals surface area contributed by atoms with E-state index in [0.717, 1.165) is 27.5 Å². The van der Waals surface area contributed by atoms with E-state index in [1.165, 1.54) is 0 Å². The normalized spacial score (nSPS) is 14.1. The van der Waals surface area contributed by atoms with Crippen molar-refractivity contribution < 1.29 is 8.76 Å². The summed E-state index contributed by atoms with van der Waals surface area (Å²) < 4.78 is 20.7. The van der Waals surface area contributed by atoms with Gasteiger partial charge in [0, 0.05) is 34.6 Å². The maximum atomic E-state index is 11.4. The quantitative estimate of drug-likeness (QED) is 0.558. The third-order valence-electron chi connectivity index (χ3n) is 3.40. The summed E-state index contributed by atoms with van der Waals surface area (Å²) >= 11 is -1.98. The van der Waals surface area contributed by atoms with Crippen LogP contribution in [-0.2, 0) is 11.3 Å². The summed E-state index contributed by atoms with van der Waals surface area (Å²) in [6.45, 7) is 0. The van der Waals surface area contributed by atoms with Gasteiger partial charge < -0.3 is 4.98 Å². The number of hydrogen-bond donors (Lipinski definition) is 2. The van der Waals surface area contributed by atoms with Crippen LogP contribution in [0.4, 0.5) is 5.69 Å². The lowest BCUT2D eigenvalue weighted by Crippen LogP contribution is -2.41. The molecule has 19 heavy (non-hydrogen) atoms. The van der Waals surface area contributed by atoms with Crippen LogP contribution in [0.25, 0.3) is 21.8 Å². The number of quaternary nitrogens is 1. The summed E-state index contributed by atoms with van der Waals surface area (Å²) in [6.07, 6.45) is 3.52. The Morgan fingerprint density at radius 3 is 2.74 bits per heavy atom. The van der Waals surface area contributed by atoms with E-state index in [2.05, 4.69) is 9.97 Å². The molecule has 1 unspecified atom stereocenters. The van der Waals surface area contributed by atoms with Crippen LogP contribution in [0.2, 0.25) is 0 Å². The third kappa shape index (κ3) is 1.85. The van der Waals surface area contributed by atoms with Crippen LogP contribution in [0.3, 0.4) is 0 Å². The van der Waals surface area contributed by atoms with Gasteiger partial charge in [-0.15, -0.1) is 0 Å². The number of pyridine rings is 1. The molecule has 0 aliphatic carbocycles. The minimum absolute atomic E-state index is 0.0896. The molecule has 0 radical (unpaired) electrons. The number of nitrogens with one attached hydrogen (secondary N) is 1. The molecule has 0 spiro atoms. The largest absolute Gasteiger partial charge is 0.363 e. The van der Waals surface area contributed by atoms with Gasteiger partial charge in [0.2, 0.25) is 0 Å². The molecule has 3 rings (SSSR count). The van der Waals surface area contributed by atoms with Gasteiger partial charge in [-0.25, -0.2) is 0 Å². The Hall–Kier alpha value is -1.76. The number of H-pyrrole nitrogens is 1. The number of hydrogen-bond acceptors (Lipinski definition) is 2. The number of rotatable bonds is 2. The molecule has 2 N–H and O–H groups in total. The van der Waals surface area contributed by atoms with E-state index in [-0.39, 0.29) is 3.89 Å². The number of fused-ring (bicyclic) bond motifs is 3. The van der Waals surface area contributed by atoms with Crippen molar-refractivity contribution >= 4 is 38.8 Å². The molecule has 2 aromatic heterocycles. The monoisotopic (exact) mass is 276 g/mol. The molecule has 0 amide bonds. The highest BCUT2D eigenvalue weighted by Gasteiger charge is 2.27. The first kappa shape index (κ1) is 12.3. The van der Waals surface area contributed by atoms with Gasteiger partial charge in [0.05, 0.1) is 25.8 Å². The Balaban J connectivity index is 2.31. The molecule has 0 saturated heterocycles. The van der Waals surface area contributed by atoms with Gasteiger partial charge in [-0.05, 0) is 12.1 Å². The summed E-state index contributed by atoms with van der Waals surface area (Å²) in [5.74, 6) is 0. The zero-order valence-electron chi connectivity index (χ0n) is 10.6. The molecular weight excluding hydrogens is 262 g/mol. The lowest BCUT2D eigenvalue weighted by molar-refractivity contribution is 0.484. The van der Waals surface area contributed by atoms with Crippen molar-refractivity contribution in [2.75, 3.05) is 14.1 Å². The smallest absolute Gasteiger partial charge is 0.353 e. The summed E-state index contributed by atoms with van der Waals surface area (Å²) in [6, 6.07) is 7.67. The molecule has 0 bridgehead atoms. The summed E-state index contributed by atoms with van der Waals surface area (Å²) in [4.78, 5) is 7.36. The minimum Gasteiger partial charge on any atom is -0.353 e. The van der Waals surface area contributed by atoms with Crippen LogP contribution in [0.15, 0.2) is 36.7 Å². The fourth-order valence-corrected chi connectivity index (χ4v) is 2.46. The lowest BCUT2D eigenvalue weighted by Gasteiger charge is -2.22. The molecule has 1 aromatic carbocycles. The topological polar surface area (TPSA) is 66.0 Å². The van der Waals surface area contributed by atoms with Crippen molar-refractivity contribution in [2.45, 2.75) is 0 Å². The van der Waals surface area contributed by atoms with E-state index < -0.39 is 11.3 Å². The van der Waals surface area contributed by atoms with Crippen LogP contribution in [0, 0.1) is 0 Å². The highest BCUT2D eigenvalue weighted by Crippen LogP contribution is 2.30. The first-order valence-corrected chi connectivity index (χ1v) is 6.88. The van der Waals surface area contributed by atoms with E-state index in [9.17, 15) is 8.76 Å². The number of aromatic amines is 1. The molecular formula is C13H14N3O2S+. The highest BCUT2D eigenvalue weighted by molar-refractivity contribution is 7.78. The van der Waals surface area contributed by atoms with E-state index in [1.807, 2.05) is 24.3 Å². The van der Waals surface area contributed by atoms with Gasteiger partial charge in [-0.1, -0.05) is 0 Å². The predicted molar refractivity (Wildman–Crippen MR) is 78.0 cm³/mol. The Kier molecular flexibility index (Phi) is 2.67. The molecule has 2 heterocycles. The fraction of sp³-hybridized carbons (Fsp3) is 0.154. The highest BCUT2D eigenvalue weighted by atomic mass is 32.2. The minimum atomic E-state index is -1.98. The molecule has 1 atom stereocenters. The van der Waals surface area contributed by atoms with Gasteiger partial charge in [-0.3, -0.25) is 9.54 Å². The second kappa shape index (κ2) is 4.12. The molecule has 0 aliphatic heterocycles. The first-order valence-electron chi connectivity index (χ1n) is 5.81. The number of benzene rings is 1. The van der Waals surface area contributed by atoms with Crippen LogP contribution < -0.4 is 3.89 Å². The zero-order valence-corrected chi connectivity index (χ0v) is 11.4. The summed E-state index contributed by atoms with van der Waals surface area (Å²) in [5.41, 5.74) is 2.74. The molecule has 0 fully saturated rings. The molecule has 0 aliphatic rings. The lowest BCUT2D eigenvalue weighted by atomic mass is 10.1. The van der Waals surface area contributed by atoms with Crippen molar-refractivity contribution in [3.05, 3.63) is 36.7 Å². The Labute approximate surface area is 112 Å². The summed E-state index contributed by atoms with van der Waals surface area (Å²) in [5, 5.41) is 2.10. The average molecular weight is 276 g/mol. The van der Waals surface area contributed by atoms with Crippen LogP contribution in [0.5, 0.6) is 0 Å². The van der Waals surface area contributed by atoms with Gasteiger partial charge in [0.25, 0.3) is 0 Å². The average Bonchev–Trinajstić information content (AvgIpc) is 2.76. The van der Waals surface area contributed by atoms with Gasteiger partial charge in [-0.2, -0.15) is 8.10 Å². The second-order valence-electron chi connectivity index (χ2n) is 4.86. The van der Waals surface area contributed by atoms with Crippen LogP contribution in [-0.4, -0.2) is 32.8 Å². The number of aromatic nitrogens is 2. The predicted octanol–water partition coefficient (Wildman–Crippen LogP) is 2.42. The third-order valence-corrected chi connectivity index (χ3v) is 4.39.